The number of amides is 1. The zero-order valence-electron chi connectivity index (χ0n) is 8.88. The maximum absolute atomic E-state index is 12.4. The minimum Gasteiger partial charge on any atom is -0.315 e. The van der Waals surface area contributed by atoms with Gasteiger partial charge in [0, 0.05) is 12.7 Å². The number of rotatable bonds is 1. The van der Waals surface area contributed by atoms with Gasteiger partial charge in [0.1, 0.15) is 0 Å². The number of alkyl halides is 4. The summed E-state index contributed by atoms with van der Waals surface area (Å²) in [6, 6.07) is 4.15. The van der Waals surface area contributed by atoms with E-state index < -0.39 is 11.6 Å². The van der Waals surface area contributed by atoms with E-state index >= 15 is 0 Å². The van der Waals surface area contributed by atoms with Crippen molar-refractivity contribution >= 4 is 23.2 Å². The molecule has 0 radical (unpaired) electrons. The molecule has 6 heteroatoms. The molecule has 1 aromatic rings. The molecular weight excluding hydrogens is 255 g/mol. The normalized spacial score (nSPS) is 17.2. The lowest BCUT2D eigenvalue weighted by Crippen LogP contribution is -2.20. The summed E-state index contributed by atoms with van der Waals surface area (Å²) in [7, 11) is 1.59. The number of fused-ring (bicyclic) bond motifs is 1. The van der Waals surface area contributed by atoms with E-state index in [4.69, 9.17) is 11.6 Å². The lowest BCUT2D eigenvalue weighted by atomic mass is 10.1. The van der Waals surface area contributed by atoms with Crippen molar-refractivity contribution in [3.05, 3.63) is 29.3 Å². The highest BCUT2D eigenvalue weighted by Crippen LogP contribution is 2.40. The van der Waals surface area contributed by atoms with E-state index in [2.05, 4.69) is 0 Å². The molecule has 2 rings (SSSR count). The number of benzene rings is 1. The molecule has 0 aliphatic carbocycles. The second kappa shape index (κ2) is 3.91. The Hall–Kier alpha value is -1.23. The number of halogens is 4. The SMILES string of the molecule is CN1C(=O)Cc2cc(C(Cl)C(F)(F)F)ccc21. The first-order valence-electron chi connectivity index (χ1n) is 4.91. The van der Waals surface area contributed by atoms with Crippen molar-refractivity contribution in [2.24, 2.45) is 0 Å². The minimum atomic E-state index is -4.48. The van der Waals surface area contributed by atoms with E-state index in [-0.39, 0.29) is 17.9 Å². The van der Waals surface area contributed by atoms with Crippen LogP contribution in [0.1, 0.15) is 16.5 Å². The summed E-state index contributed by atoms with van der Waals surface area (Å²) in [5.74, 6) is -0.129. The Morgan fingerprint density at radius 2 is 2.06 bits per heavy atom. The van der Waals surface area contributed by atoms with E-state index in [1.54, 1.807) is 7.05 Å². The Bertz CT molecular complexity index is 472. The van der Waals surface area contributed by atoms with Crippen molar-refractivity contribution in [1.29, 1.82) is 0 Å². The molecule has 92 valence electrons. The van der Waals surface area contributed by atoms with E-state index in [0.29, 0.717) is 11.3 Å². The summed E-state index contributed by atoms with van der Waals surface area (Å²) in [6.45, 7) is 0. The maximum atomic E-state index is 12.4. The topological polar surface area (TPSA) is 20.3 Å². The molecule has 0 fully saturated rings. The van der Waals surface area contributed by atoms with Gasteiger partial charge < -0.3 is 4.90 Å². The van der Waals surface area contributed by atoms with Crippen LogP contribution < -0.4 is 4.90 Å². The number of likely N-dealkylation sites (N-methyl/N-ethyl adjacent to an activating group) is 1. The third-order valence-corrected chi connectivity index (χ3v) is 3.26. The van der Waals surface area contributed by atoms with Gasteiger partial charge in [-0.25, -0.2) is 0 Å². The molecule has 0 spiro atoms. The molecular formula is C11H9ClF3NO. The summed E-state index contributed by atoms with van der Waals surface area (Å²) >= 11 is 5.33. The first kappa shape index (κ1) is 12.2. The molecule has 0 N–H and O–H groups in total. The number of nitrogens with zero attached hydrogens (tertiary/aromatic N) is 1. The number of carbonyl (C=O) groups is 1. The van der Waals surface area contributed by atoms with Gasteiger partial charge in [-0.2, -0.15) is 13.2 Å². The van der Waals surface area contributed by atoms with Crippen LogP contribution >= 0.6 is 11.6 Å². The second-order valence-corrected chi connectivity index (χ2v) is 4.36. The van der Waals surface area contributed by atoms with Crippen molar-refractivity contribution in [1.82, 2.24) is 0 Å². The van der Waals surface area contributed by atoms with E-state index in [1.165, 1.54) is 23.1 Å². The number of carbonyl (C=O) groups excluding carboxylic acids is 1. The number of hydrogen-bond donors (Lipinski definition) is 0. The van der Waals surface area contributed by atoms with Crippen LogP contribution in [0.15, 0.2) is 18.2 Å². The monoisotopic (exact) mass is 263 g/mol. The molecule has 1 amide bonds. The third-order valence-electron chi connectivity index (χ3n) is 2.76. The van der Waals surface area contributed by atoms with Crippen molar-refractivity contribution in [3.8, 4) is 0 Å². The van der Waals surface area contributed by atoms with E-state index in [9.17, 15) is 18.0 Å². The first-order chi connectivity index (χ1) is 7.80. The zero-order valence-corrected chi connectivity index (χ0v) is 9.64. The second-order valence-electron chi connectivity index (χ2n) is 3.92. The molecule has 2 nitrogen and oxygen atoms in total. The van der Waals surface area contributed by atoms with Gasteiger partial charge in [-0.15, -0.1) is 11.6 Å². The van der Waals surface area contributed by atoms with Gasteiger partial charge in [0.15, 0.2) is 5.38 Å². The van der Waals surface area contributed by atoms with Crippen LogP contribution in [0.2, 0.25) is 0 Å². The molecule has 1 aromatic carbocycles. The largest absolute Gasteiger partial charge is 0.408 e. The van der Waals surface area contributed by atoms with Crippen LogP contribution in [-0.2, 0) is 11.2 Å². The predicted molar refractivity (Wildman–Crippen MR) is 58.2 cm³/mol. The number of anilines is 1. The van der Waals surface area contributed by atoms with E-state index in [1.807, 2.05) is 0 Å². The smallest absolute Gasteiger partial charge is 0.315 e. The lowest BCUT2D eigenvalue weighted by molar-refractivity contribution is -0.131. The Morgan fingerprint density at radius 1 is 1.41 bits per heavy atom. The van der Waals surface area contributed by atoms with Gasteiger partial charge in [0.2, 0.25) is 5.91 Å². The van der Waals surface area contributed by atoms with Crippen LogP contribution in [0.25, 0.3) is 0 Å². The fourth-order valence-corrected chi connectivity index (χ4v) is 1.97. The molecule has 1 heterocycles. The average molecular weight is 264 g/mol. The maximum Gasteiger partial charge on any atom is 0.408 e. The third kappa shape index (κ3) is 2.11. The molecule has 0 aromatic heterocycles. The van der Waals surface area contributed by atoms with Gasteiger partial charge >= 0.3 is 6.18 Å². The molecule has 0 saturated heterocycles. The Kier molecular flexibility index (Phi) is 2.81. The van der Waals surface area contributed by atoms with Crippen LogP contribution in [0.3, 0.4) is 0 Å². The predicted octanol–water partition coefficient (Wildman–Crippen LogP) is 3.05. The first-order valence-corrected chi connectivity index (χ1v) is 5.34. The van der Waals surface area contributed by atoms with Gasteiger partial charge in [-0.3, -0.25) is 4.79 Å². The summed E-state index contributed by atoms with van der Waals surface area (Å²) in [4.78, 5) is 12.8. The van der Waals surface area contributed by atoms with Gasteiger partial charge in [-0.05, 0) is 17.2 Å². The highest BCUT2D eigenvalue weighted by molar-refractivity contribution is 6.21. The minimum absolute atomic E-state index is 0.0268. The van der Waals surface area contributed by atoms with Crippen molar-refractivity contribution in [2.45, 2.75) is 18.0 Å². The van der Waals surface area contributed by atoms with Crippen LogP contribution in [0, 0.1) is 0 Å². The van der Waals surface area contributed by atoms with Crippen LogP contribution in [-0.4, -0.2) is 19.1 Å². The molecule has 0 bridgehead atoms. The van der Waals surface area contributed by atoms with E-state index in [0.717, 1.165) is 0 Å². The fraction of sp³-hybridized carbons (Fsp3) is 0.364. The Morgan fingerprint density at radius 3 is 2.65 bits per heavy atom. The molecule has 0 saturated carbocycles. The average Bonchev–Trinajstić information content (AvgIpc) is 2.52. The van der Waals surface area contributed by atoms with Gasteiger partial charge in [0.25, 0.3) is 0 Å². The Balaban J connectivity index is 2.37. The summed E-state index contributed by atoms with van der Waals surface area (Å²) < 4.78 is 37.3. The molecule has 1 aliphatic heterocycles. The standard InChI is InChI=1S/C11H9ClF3NO/c1-16-8-3-2-6(10(12)11(13,14)15)4-7(8)5-9(16)17/h2-4,10H,5H2,1H3. The molecule has 1 aliphatic rings. The Labute approximate surface area is 101 Å². The summed E-state index contributed by atoms with van der Waals surface area (Å²) in [5, 5.41) is -2.03. The quantitative estimate of drug-likeness (QED) is 0.713. The zero-order chi connectivity index (χ0) is 12.8. The lowest BCUT2D eigenvalue weighted by Gasteiger charge is -2.15. The molecule has 1 atom stereocenters. The highest BCUT2D eigenvalue weighted by Gasteiger charge is 2.40. The van der Waals surface area contributed by atoms with Crippen molar-refractivity contribution < 1.29 is 18.0 Å². The fourth-order valence-electron chi connectivity index (χ4n) is 1.84. The van der Waals surface area contributed by atoms with Crippen LogP contribution in [0.4, 0.5) is 18.9 Å². The van der Waals surface area contributed by atoms with Crippen LogP contribution in [0.5, 0.6) is 0 Å². The van der Waals surface area contributed by atoms with Crippen molar-refractivity contribution in [2.75, 3.05) is 11.9 Å². The summed E-state index contributed by atoms with van der Waals surface area (Å²) in [6.07, 6.45) is -4.36. The molecule has 17 heavy (non-hydrogen) atoms. The van der Waals surface area contributed by atoms with Gasteiger partial charge in [0.05, 0.1) is 6.42 Å². The van der Waals surface area contributed by atoms with Crippen molar-refractivity contribution in [3.63, 3.8) is 0 Å². The number of hydrogen-bond acceptors (Lipinski definition) is 1. The van der Waals surface area contributed by atoms with Gasteiger partial charge in [-0.1, -0.05) is 12.1 Å². The molecule has 1 unspecified atom stereocenters. The highest BCUT2D eigenvalue weighted by atomic mass is 35.5. The summed E-state index contributed by atoms with van der Waals surface area (Å²) in [5.41, 5.74) is 1.20.